The molecule has 1 aromatic carbocycles. The topological polar surface area (TPSA) is 30.7 Å². The van der Waals surface area contributed by atoms with E-state index in [1.165, 1.54) is 11.1 Å². The summed E-state index contributed by atoms with van der Waals surface area (Å²) in [5.41, 5.74) is 4.63. The Hall–Kier alpha value is -1.64. The molecule has 0 spiro atoms. The predicted molar refractivity (Wildman–Crippen MR) is 61.8 cm³/mol. The van der Waals surface area contributed by atoms with E-state index in [0.717, 1.165) is 24.0 Å². The van der Waals surface area contributed by atoms with Crippen LogP contribution in [0, 0.1) is 13.8 Å². The Labute approximate surface area is 89.4 Å². The standard InChI is InChI=1S/C12H15N3/c1-4-5-6-15-12-8-10(3)9(2)7-11(12)13-14-15/h4,7-8H,1,5-6H2,2-3H3. The van der Waals surface area contributed by atoms with Gasteiger partial charge in [0.05, 0.1) is 5.52 Å². The van der Waals surface area contributed by atoms with Gasteiger partial charge in [0, 0.05) is 6.54 Å². The van der Waals surface area contributed by atoms with Gasteiger partial charge in [0.15, 0.2) is 0 Å². The third kappa shape index (κ3) is 1.77. The van der Waals surface area contributed by atoms with Gasteiger partial charge in [-0.1, -0.05) is 11.3 Å². The summed E-state index contributed by atoms with van der Waals surface area (Å²) in [6.07, 6.45) is 2.82. The summed E-state index contributed by atoms with van der Waals surface area (Å²) in [5.74, 6) is 0. The Balaban J connectivity index is 2.49. The third-order valence-corrected chi connectivity index (χ3v) is 2.67. The van der Waals surface area contributed by atoms with E-state index in [1.54, 1.807) is 0 Å². The predicted octanol–water partition coefficient (Wildman–Crippen LogP) is 2.62. The molecule has 0 unspecified atom stereocenters. The van der Waals surface area contributed by atoms with Crippen LogP contribution < -0.4 is 0 Å². The second-order valence-corrected chi connectivity index (χ2v) is 3.82. The lowest BCUT2D eigenvalue weighted by Crippen LogP contribution is -1.99. The summed E-state index contributed by atoms with van der Waals surface area (Å²) in [4.78, 5) is 0. The molecule has 3 nitrogen and oxygen atoms in total. The first kappa shape index (κ1) is 9.90. The molecule has 1 heterocycles. The number of benzene rings is 1. The van der Waals surface area contributed by atoms with Gasteiger partial charge in [-0.3, -0.25) is 0 Å². The number of aryl methyl sites for hydroxylation is 3. The van der Waals surface area contributed by atoms with Crippen molar-refractivity contribution in [2.24, 2.45) is 0 Å². The lowest BCUT2D eigenvalue weighted by molar-refractivity contribution is 0.615. The largest absolute Gasteiger partial charge is 0.244 e. The van der Waals surface area contributed by atoms with Gasteiger partial charge in [0.25, 0.3) is 0 Å². The number of fused-ring (bicyclic) bond motifs is 1. The number of hydrogen-bond donors (Lipinski definition) is 0. The van der Waals surface area contributed by atoms with Gasteiger partial charge in [-0.15, -0.1) is 11.7 Å². The second-order valence-electron chi connectivity index (χ2n) is 3.82. The van der Waals surface area contributed by atoms with E-state index in [9.17, 15) is 0 Å². The number of allylic oxidation sites excluding steroid dienone is 1. The average molecular weight is 201 g/mol. The first-order valence-electron chi connectivity index (χ1n) is 5.13. The highest BCUT2D eigenvalue weighted by Gasteiger charge is 2.05. The number of hydrogen-bond acceptors (Lipinski definition) is 2. The molecule has 0 radical (unpaired) electrons. The first-order chi connectivity index (χ1) is 7.22. The van der Waals surface area contributed by atoms with Crippen molar-refractivity contribution in [2.75, 3.05) is 0 Å². The van der Waals surface area contributed by atoms with Crippen LogP contribution in [-0.4, -0.2) is 15.0 Å². The summed E-state index contributed by atoms with van der Waals surface area (Å²) in [6, 6.07) is 4.23. The van der Waals surface area contributed by atoms with Crippen LogP contribution in [0.5, 0.6) is 0 Å². The van der Waals surface area contributed by atoms with E-state index < -0.39 is 0 Å². The van der Waals surface area contributed by atoms with Gasteiger partial charge < -0.3 is 0 Å². The van der Waals surface area contributed by atoms with Crippen LogP contribution >= 0.6 is 0 Å². The van der Waals surface area contributed by atoms with Crippen molar-refractivity contribution in [3.05, 3.63) is 35.9 Å². The molecule has 0 atom stereocenters. The number of nitrogens with zero attached hydrogens (tertiary/aromatic N) is 3. The zero-order valence-corrected chi connectivity index (χ0v) is 9.20. The van der Waals surface area contributed by atoms with E-state index >= 15 is 0 Å². The molecule has 2 aromatic rings. The highest BCUT2D eigenvalue weighted by atomic mass is 15.4. The maximum atomic E-state index is 4.15. The molecule has 1 aromatic heterocycles. The summed E-state index contributed by atoms with van der Waals surface area (Å²) in [5, 5.41) is 8.29. The minimum Gasteiger partial charge on any atom is -0.244 e. The molecule has 0 N–H and O–H groups in total. The summed E-state index contributed by atoms with van der Waals surface area (Å²) in [6.45, 7) is 8.77. The van der Waals surface area contributed by atoms with Crippen molar-refractivity contribution in [3.8, 4) is 0 Å². The van der Waals surface area contributed by atoms with E-state index in [1.807, 2.05) is 10.8 Å². The van der Waals surface area contributed by atoms with Crippen LogP contribution in [0.15, 0.2) is 24.8 Å². The molecule has 15 heavy (non-hydrogen) atoms. The zero-order valence-electron chi connectivity index (χ0n) is 9.20. The Morgan fingerprint density at radius 3 is 2.80 bits per heavy atom. The van der Waals surface area contributed by atoms with Gasteiger partial charge in [-0.2, -0.15) is 0 Å². The van der Waals surface area contributed by atoms with Crippen molar-refractivity contribution in [2.45, 2.75) is 26.8 Å². The normalized spacial score (nSPS) is 10.8. The lowest BCUT2D eigenvalue weighted by atomic mass is 10.1. The Kier molecular flexibility index (Phi) is 2.54. The SMILES string of the molecule is C=CCCn1nnc2cc(C)c(C)cc21. The second kappa shape index (κ2) is 3.85. The minimum atomic E-state index is 0.850. The van der Waals surface area contributed by atoms with E-state index in [4.69, 9.17) is 0 Å². The van der Waals surface area contributed by atoms with Crippen molar-refractivity contribution in [1.82, 2.24) is 15.0 Å². The van der Waals surface area contributed by atoms with E-state index in [-0.39, 0.29) is 0 Å². The molecule has 0 aliphatic carbocycles. The van der Waals surface area contributed by atoms with Crippen molar-refractivity contribution in [1.29, 1.82) is 0 Å². The van der Waals surface area contributed by atoms with Crippen molar-refractivity contribution >= 4 is 11.0 Å². The summed E-state index contributed by atoms with van der Waals surface area (Å²) < 4.78 is 1.93. The lowest BCUT2D eigenvalue weighted by Gasteiger charge is -2.02. The Bertz CT molecular complexity index is 497. The highest BCUT2D eigenvalue weighted by molar-refractivity contribution is 5.76. The molecule has 0 amide bonds. The van der Waals surface area contributed by atoms with Crippen molar-refractivity contribution in [3.63, 3.8) is 0 Å². The van der Waals surface area contributed by atoms with Crippen LogP contribution in [0.2, 0.25) is 0 Å². The van der Waals surface area contributed by atoms with Crippen LogP contribution in [0.1, 0.15) is 17.5 Å². The molecule has 0 saturated carbocycles. The van der Waals surface area contributed by atoms with Crippen LogP contribution in [0.3, 0.4) is 0 Å². The molecular formula is C12H15N3. The zero-order chi connectivity index (χ0) is 10.8. The third-order valence-electron chi connectivity index (χ3n) is 2.67. The van der Waals surface area contributed by atoms with E-state index in [0.29, 0.717) is 0 Å². The van der Waals surface area contributed by atoms with Gasteiger partial charge in [-0.05, 0) is 43.5 Å². The molecule has 78 valence electrons. The molecule has 0 fully saturated rings. The highest BCUT2D eigenvalue weighted by Crippen LogP contribution is 2.17. The fraction of sp³-hybridized carbons (Fsp3) is 0.333. The van der Waals surface area contributed by atoms with Crippen molar-refractivity contribution < 1.29 is 0 Å². The Morgan fingerprint density at radius 1 is 1.33 bits per heavy atom. The smallest absolute Gasteiger partial charge is 0.113 e. The van der Waals surface area contributed by atoms with Gasteiger partial charge in [0.2, 0.25) is 0 Å². The molecule has 3 heteroatoms. The van der Waals surface area contributed by atoms with Crippen LogP contribution in [0.4, 0.5) is 0 Å². The van der Waals surface area contributed by atoms with Gasteiger partial charge >= 0.3 is 0 Å². The number of aromatic nitrogens is 3. The van der Waals surface area contributed by atoms with Gasteiger partial charge in [0.1, 0.15) is 5.52 Å². The fourth-order valence-corrected chi connectivity index (χ4v) is 1.60. The quantitative estimate of drug-likeness (QED) is 0.715. The maximum Gasteiger partial charge on any atom is 0.113 e. The molecule has 0 aliphatic rings. The summed E-state index contributed by atoms with van der Waals surface area (Å²) in [7, 11) is 0. The number of rotatable bonds is 3. The van der Waals surface area contributed by atoms with E-state index in [2.05, 4.69) is 42.9 Å². The fourth-order valence-electron chi connectivity index (χ4n) is 1.60. The average Bonchev–Trinajstić information content (AvgIpc) is 2.59. The minimum absolute atomic E-state index is 0.850. The molecule has 2 rings (SSSR count). The molecule has 0 aliphatic heterocycles. The van der Waals surface area contributed by atoms with Crippen LogP contribution in [-0.2, 0) is 6.54 Å². The monoisotopic (exact) mass is 201 g/mol. The molecule has 0 saturated heterocycles. The first-order valence-corrected chi connectivity index (χ1v) is 5.13. The molecule has 0 bridgehead atoms. The maximum absolute atomic E-state index is 4.15. The van der Waals surface area contributed by atoms with Gasteiger partial charge in [-0.25, -0.2) is 4.68 Å². The summed E-state index contributed by atoms with van der Waals surface area (Å²) >= 11 is 0. The molecular weight excluding hydrogens is 186 g/mol. The Morgan fingerprint density at radius 2 is 2.07 bits per heavy atom. The van der Waals surface area contributed by atoms with Crippen LogP contribution in [0.25, 0.3) is 11.0 Å².